The van der Waals surface area contributed by atoms with Gasteiger partial charge in [-0.3, -0.25) is 4.79 Å². The molecule has 2 aromatic rings. The summed E-state index contributed by atoms with van der Waals surface area (Å²) in [7, 11) is 3.97. The molecule has 22 heavy (non-hydrogen) atoms. The third-order valence-electron chi connectivity index (χ3n) is 3.08. The van der Waals surface area contributed by atoms with Gasteiger partial charge in [-0.05, 0) is 42.0 Å². The minimum atomic E-state index is 0.0107. The van der Waals surface area contributed by atoms with Crippen LogP contribution in [0.3, 0.4) is 0 Å². The first-order valence-corrected chi connectivity index (χ1v) is 8.47. The van der Waals surface area contributed by atoms with E-state index in [2.05, 4.69) is 5.32 Å². The molecule has 0 radical (unpaired) electrons. The molecule has 0 bridgehead atoms. The van der Waals surface area contributed by atoms with E-state index in [-0.39, 0.29) is 5.91 Å². The van der Waals surface area contributed by atoms with Crippen molar-refractivity contribution in [1.29, 1.82) is 0 Å². The van der Waals surface area contributed by atoms with Crippen molar-refractivity contribution in [2.45, 2.75) is 5.75 Å². The molecule has 116 valence electrons. The molecule has 0 fully saturated rings. The van der Waals surface area contributed by atoms with Crippen LogP contribution in [0.5, 0.6) is 0 Å². The molecule has 0 aromatic heterocycles. The van der Waals surface area contributed by atoms with Crippen LogP contribution in [0.25, 0.3) is 0 Å². The van der Waals surface area contributed by atoms with Crippen molar-refractivity contribution >= 4 is 40.6 Å². The molecule has 5 heteroatoms. The Balaban J connectivity index is 1.76. The number of amides is 1. The predicted molar refractivity (Wildman–Crippen MR) is 97.0 cm³/mol. The van der Waals surface area contributed by atoms with Crippen LogP contribution in [-0.2, 0) is 10.5 Å². The summed E-state index contributed by atoms with van der Waals surface area (Å²) in [5.74, 6) is 1.24. The van der Waals surface area contributed by atoms with Crippen LogP contribution < -0.4 is 10.2 Å². The molecule has 1 N–H and O–H groups in total. The maximum absolute atomic E-state index is 11.9. The van der Waals surface area contributed by atoms with E-state index in [1.54, 1.807) is 11.8 Å². The van der Waals surface area contributed by atoms with Crippen molar-refractivity contribution in [3.05, 3.63) is 59.1 Å². The first-order chi connectivity index (χ1) is 10.5. The van der Waals surface area contributed by atoms with Gasteiger partial charge in [-0.25, -0.2) is 0 Å². The third-order valence-corrected chi connectivity index (χ3v) is 4.34. The highest BCUT2D eigenvalue weighted by atomic mass is 35.5. The van der Waals surface area contributed by atoms with Crippen molar-refractivity contribution in [2.75, 3.05) is 30.1 Å². The molecule has 2 rings (SSSR count). The summed E-state index contributed by atoms with van der Waals surface area (Å²) < 4.78 is 0. The van der Waals surface area contributed by atoms with Gasteiger partial charge < -0.3 is 10.2 Å². The quantitative estimate of drug-likeness (QED) is 0.855. The number of halogens is 1. The summed E-state index contributed by atoms with van der Waals surface area (Å²) in [6.45, 7) is 0. The molecule has 2 aromatic carbocycles. The summed E-state index contributed by atoms with van der Waals surface area (Å²) in [5.41, 5.74) is 3.09. The van der Waals surface area contributed by atoms with Crippen molar-refractivity contribution < 1.29 is 4.79 Å². The molecule has 0 spiro atoms. The van der Waals surface area contributed by atoms with Gasteiger partial charge in [0.25, 0.3) is 0 Å². The molecular weight excluding hydrogens is 316 g/mol. The van der Waals surface area contributed by atoms with E-state index in [4.69, 9.17) is 11.6 Å². The number of benzene rings is 2. The molecule has 0 saturated heterocycles. The lowest BCUT2D eigenvalue weighted by Crippen LogP contribution is -2.14. The van der Waals surface area contributed by atoms with Crippen LogP contribution in [0, 0.1) is 0 Å². The van der Waals surface area contributed by atoms with Crippen molar-refractivity contribution in [2.24, 2.45) is 0 Å². The van der Waals surface area contributed by atoms with Crippen molar-refractivity contribution in [1.82, 2.24) is 0 Å². The van der Waals surface area contributed by atoms with Gasteiger partial charge in [-0.1, -0.05) is 23.7 Å². The number of hydrogen-bond donors (Lipinski definition) is 1. The Bertz CT molecular complexity index is 612. The fraction of sp³-hybridized carbons (Fsp3) is 0.235. The van der Waals surface area contributed by atoms with Crippen LogP contribution in [0.2, 0.25) is 5.02 Å². The Morgan fingerprint density at radius 2 is 1.73 bits per heavy atom. The van der Waals surface area contributed by atoms with Gasteiger partial charge >= 0.3 is 0 Å². The Morgan fingerprint density at radius 1 is 1.09 bits per heavy atom. The van der Waals surface area contributed by atoms with E-state index < -0.39 is 0 Å². The summed E-state index contributed by atoms with van der Waals surface area (Å²) in [5, 5.41) is 3.63. The molecule has 0 aliphatic carbocycles. The minimum Gasteiger partial charge on any atom is -0.378 e. The molecule has 1 amide bonds. The molecule has 0 aliphatic heterocycles. The monoisotopic (exact) mass is 334 g/mol. The second-order valence-corrected chi connectivity index (χ2v) is 6.53. The van der Waals surface area contributed by atoms with Gasteiger partial charge in [0.15, 0.2) is 0 Å². The number of carbonyl (C=O) groups excluding carboxylic acids is 1. The molecule has 0 aliphatic rings. The lowest BCUT2D eigenvalue weighted by atomic mass is 10.2. The summed E-state index contributed by atoms with van der Waals surface area (Å²) >= 11 is 7.43. The van der Waals surface area contributed by atoms with Crippen LogP contribution in [0.15, 0.2) is 48.5 Å². The van der Waals surface area contributed by atoms with E-state index >= 15 is 0 Å². The van der Waals surface area contributed by atoms with Crippen LogP contribution in [0.4, 0.5) is 11.4 Å². The van der Waals surface area contributed by atoms with Gasteiger partial charge in [-0.15, -0.1) is 11.8 Å². The van der Waals surface area contributed by atoms with Gasteiger partial charge in [-0.2, -0.15) is 0 Å². The minimum absolute atomic E-state index is 0.0107. The van der Waals surface area contributed by atoms with E-state index in [9.17, 15) is 4.79 Å². The molecule has 0 saturated carbocycles. The number of thioether (sulfide) groups is 1. The highest BCUT2D eigenvalue weighted by molar-refractivity contribution is 7.99. The average molecular weight is 335 g/mol. The number of nitrogens with one attached hydrogen (secondary N) is 1. The topological polar surface area (TPSA) is 32.3 Å². The third kappa shape index (κ3) is 5.28. The normalized spacial score (nSPS) is 10.3. The molecule has 0 heterocycles. The summed E-state index contributed by atoms with van der Waals surface area (Å²) in [6, 6.07) is 15.5. The lowest BCUT2D eigenvalue weighted by Gasteiger charge is -2.13. The highest BCUT2D eigenvalue weighted by Crippen LogP contribution is 2.18. The Labute approximate surface area is 140 Å². The van der Waals surface area contributed by atoms with E-state index in [0.29, 0.717) is 5.75 Å². The number of hydrogen-bond acceptors (Lipinski definition) is 3. The second-order valence-electron chi connectivity index (χ2n) is 5.11. The number of nitrogens with zero attached hydrogens (tertiary/aromatic N) is 1. The second kappa shape index (κ2) is 8.11. The standard InChI is InChI=1S/C17H19ClN2OS/c1-20(2)16-9-7-15(8-10-16)19-17(21)12-22-11-13-3-5-14(18)6-4-13/h3-10H,11-12H2,1-2H3,(H,19,21). The lowest BCUT2D eigenvalue weighted by molar-refractivity contribution is -0.113. The van der Waals surface area contributed by atoms with Gasteiger partial charge in [0.1, 0.15) is 0 Å². The fourth-order valence-corrected chi connectivity index (χ4v) is 2.80. The zero-order valence-electron chi connectivity index (χ0n) is 12.7. The molecular formula is C17H19ClN2OS. The van der Waals surface area contributed by atoms with Crippen LogP contribution in [0.1, 0.15) is 5.56 Å². The summed E-state index contributed by atoms with van der Waals surface area (Å²) in [4.78, 5) is 13.9. The average Bonchev–Trinajstić information content (AvgIpc) is 2.50. The van der Waals surface area contributed by atoms with E-state index in [0.717, 1.165) is 27.7 Å². The van der Waals surface area contributed by atoms with Gasteiger partial charge in [0.2, 0.25) is 5.91 Å². The Kier molecular flexibility index (Phi) is 6.16. The number of rotatable bonds is 6. The smallest absolute Gasteiger partial charge is 0.234 e. The summed E-state index contributed by atoms with van der Waals surface area (Å²) in [6.07, 6.45) is 0. The van der Waals surface area contributed by atoms with Crippen molar-refractivity contribution in [3.63, 3.8) is 0 Å². The largest absolute Gasteiger partial charge is 0.378 e. The predicted octanol–water partition coefficient (Wildman–Crippen LogP) is 4.28. The first-order valence-electron chi connectivity index (χ1n) is 6.94. The number of carbonyl (C=O) groups is 1. The van der Waals surface area contributed by atoms with Crippen LogP contribution in [-0.4, -0.2) is 25.8 Å². The first kappa shape index (κ1) is 16.7. The Hall–Kier alpha value is -1.65. The molecule has 0 unspecified atom stereocenters. The fourth-order valence-electron chi connectivity index (χ4n) is 1.88. The van der Waals surface area contributed by atoms with Crippen molar-refractivity contribution in [3.8, 4) is 0 Å². The van der Waals surface area contributed by atoms with E-state index in [1.807, 2.05) is 67.5 Å². The highest BCUT2D eigenvalue weighted by Gasteiger charge is 2.04. The zero-order chi connectivity index (χ0) is 15.9. The van der Waals surface area contributed by atoms with E-state index in [1.165, 1.54) is 0 Å². The van der Waals surface area contributed by atoms with Gasteiger partial charge in [0, 0.05) is 36.2 Å². The maximum atomic E-state index is 11.9. The Morgan fingerprint density at radius 3 is 2.32 bits per heavy atom. The van der Waals surface area contributed by atoms with Gasteiger partial charge in [0.05, 0.1) is 5.75 Å². The maximum Gasteiger partial charge on any atom is 0.234 e. The SMILES string of the molecule is CN(C)c1ccc(NC(=O)CSCc2ccc(Cl)cc2)cc1. The molecule has 0 atom stereocenters. The molecule has 3 nitrogen and oxygen atoms in total. The van der Waals surface area contributed by atoms with Crippen LogP contribution >= 0.6 is 23.4 Å². The zero-order valence-corrected chi connectivity index (χ0v) is 14.2. The number of anilines is 2.